The summed E-state index contributed by atoms with van der Waals surface area (Å²) in [7, 11) is -1.98. The van der Waals surface area contributed by atoms with Gasteiger partial charge in [-0.2, -0.15) is 5.10 Å². The predicted octanol–water partition coefficient (Wildman–Crippen LogP) is 2.24. The highest BCUT2D eigenvalue weighted by Crippen LogP contribution is 2.17. The smallest absolute Gasteiger partial charge is 0.251 e. The third-order valence-electron chi connectivity index (χ3n) is 4.66. The quantitative estimate of drug-likeness (QED) is 0.461. The Kier molecular flexibility index (Phi) is 6.80. The minimum Gasteiger partial charge on any atom is -0.352 e. The lowest BCUT2D eigenvalue weighted by atomic mass is 10.1. The van der Waals surface area contributed by atoms with Crippen LogP contribution in [0.25, 0.3) is 0 Å². The number of aryl methyl sites for hydroxylation is 1. The summed E-state index contributed by atoms with van der Waals surface area (Å²) in [6, 6.07) is 13.9. The predicted molar refractivity (Wildman–Crippen MR) is 116 cm³/mol. The van der Waals surface area contributed by atoms with Crippen LogP contribution in [-0.4, -0.2) is 35.6 Å². The summed E-state index contributed by atoms with van der Waals surface area (Å²) >= 11 is 5.06. The zero-order valence-corrected chi connectivity index (χ0v) is 18.3. The van der Waals surface area contributed by atoms with E-state index in [1.165, 1.54) is 6.07 Å². The maximum Gasteiger partial charge on any atom is 0.251 e. The molecular weight excluding hydrogens is 422 g/mol. The van der Waals surface area contributed by atoms with E-state index in [0.717, 1.165) is 11.4 Å². The number of carbonyl (C=O) groups excluding carboxylic acids is 1. The third kappa shape index (κ3) is 5.21. The largest absolute Gasteiger partial charge is 0.352 e. The second-order valence-corrected chi connectivity index (χ2v) is 8.92. The number of benzene rings is 2. The lowest BCUT2D eigenvalue weighted by Gasteiger charge is -2.12. The number of rotatable bonds is 8. The van der Waals surface area contributed by atoms with Gasteiger partial charge in [0.15, 0.2) is 4.77 Å². The topological polar surface area (TPSA) is 109 Å². The summed E-state index contributed by atoms with van der Waals surface area (Å²) in [6.07, 6.45) is 0.491. The van der Waals surface area contributed by atoms with Crippen molar-refractivity contribution in [2.75, 3.05) is 6.54 Å². The van der Waals surface area contributed by atoms with Gasteiger partial charge in [-0.3, -0.25) is 9.89 Å². The second kappa shape index (κ2) is 9.33. The number of sulfonamides is 1. The fourth-order valence-electron chi connectivity index (χ4n) is 2.88. The van der Waals surface area contributed by atoms with Crippen LogP contribution in [0.2, 0.25) is 0 Å². The van der Waals surface area contributed by atoms with Crippen LogP contribution in [0, 0.1) is 11.7 Å². The normalized spacial score (nSPS) is 11.4. The number of hydrogen-bond donors (Lipinski definition) is 3. The van der Waals surface area contributed by atoms with Crippen LogP contribution in [0.3, 0.4) is 0 Å². The molecule has 0 fully saturated rings. The number of nitrogens with zero attached hydrogens (tertiary/aromatic N) is 2. The molecule has 2 aromatic carbocycles. The molecule has 0 atom stereocenters. The van der Waals surface area contributed by atoms with Crippen LogP contribution in [0.5, 0.6) is 0 Å². The number of carbonyl (C=O) groups is 1. The highest BCUT2D eigenvalue weighted by atomic mass is 32.2. The van der Waals surface area contributed by atoms with Gasteiger partial charge in [0, 0.05) is 32.1 Å². The van der Waals surface area contributed by atoms with E-state index in [-0.39, 0.29) is 22.9 Å². The Labute approximate surface area is 180 Å². The number of amides is 1. The van der Waals surface area contributed by atoms with Crippen LogP contribution in [0.4, 0.5) is 0 Å². The first-order valence-corrected chi connectivity index (χ1v) is 11.2. The molecule has 1 heterocycles. The number of aromatic nitrogens is 3. The van der Waals surface area contributed by atoms with Gasteiger partial charge in [0.2, 0.25) is 10.0 Å². The van der Waals surface area contributed by atoms with Crippen molar-refractivity contribution in [2.24, 2.45) is 7.05 Å². The summed E-state index contributed by atoms with van der Waals surface area (Å²) in [5, 5.41) is 9.57. The first-order chi connectivity index (χ1) is 14.3. The van der Waals surface area contributed by atoms with Crippen molar-refractivity contribution in [2.45, 2.75) is 24.8 Å². The molecule has 158 valence electrons. The van der Waals surface area contributed by atoms with Crippen LogP contribution in [0.15, 0.2) is 53.4 Å². The Balaban J connectivity index is 1.68. The van der Waals surface area contributed by atoms with Crippen molar-refractivity contribution in [3.8, 4) is 0 Å². The molecule has 0 saturated heterocycles. The number of H-pyrrole nitrogens is 1. The number of hydrogen-bond acceptors (Lipinski definition) is 5. The van der Waals surface area contributed by atoms with Crippen molar-refractivity contribution < 1.29 is 13.2 Å². The zero-order valence-electron chi connectivity index (χ0n) is 16.7. The van der Waals surface area contributed by atoms with Crippen LogP contribution < -0.4 is 10.0 Å². The van der Waals surface area contributed by atoms with Gasteiger partial charge in [-0.05, 0) is 42.4 Å². The molecule has 1 amide bonds. The molecule has 3 aromatic rings. The molecule has 0 aliphatic carbocycles. The SMILES string of the molecule is Cc1ccc(C(=O)NCCc2n[nH]c(=S)n2C)cc1S(=O)(=O)NCc1ccccc1. The Morgan fingerprint density at radius 3 is 2.60 bits per heavy atom. The average molecular weight is 446 g/mol. The van der Waals surface area contributed by atoms with E-state index in [1.54, 1.807) is 30.7 Å². The van der Waals surface area contributed by atoms with E-state index in [2.05, 4.69) is 20.2 Å². The van der Waals surface area contributed by atoms with Crippen molar-refractivity contribution in [3.63, 3.8) is 0 Å². The van der Waals surface area contributed by atoms with Gasteiger partial charge >= 0.3 is 0 Å². The number of aromatic amines is 1. The molecule has 3 N–H and O–H groups in total. The van der Waals surface area contributed by atoms with Crippen LogP contribution in [0.1, 0.15) is 27.3 Å². The van der Waals surface area contributed by atoms with Crippen molar-refractivity contribution in [1.29, 1.82) is 0 Å². The van der Waals surface area contributed by atoms with E-state index in [1.807, 2.05) is 30.3 Å². The Morgan fingerprint density at radius 2 is 1.93 bits per heavy atom. The minimum absolute atomic E-state index is 0.0838. The Bertz CT molecular complexity index is 1200. The fourth-order valence-corrected chi connectivity index (χ4v) is 4.31. The van der Waals surface area contributed by atoms with Gasteiger partial charge in [0.25, 0.3) is 5.91 Å². The summed E-state index contributed by atoms with van der Waals surface area (Å²) in [5.41, 5.74) is 1.69. The molecule has 0 aliphatic heterocycles. The zero-order chi connectivity index (χ0) is 21.7. The molecule has 30 heavy (non-hydrogen) atoms. The standard InChI is InChI=1S/C20H23N5O3S2/c1-14-8-9-16(19(26)21-11-10-18-23-24-20(29)25(18)2)12-17(14)30(27,28)22-13-15-6-4-3-5-7-15/h3-9,12,22H,10-11,13H2,1-2H3,(H,21,26)(H,24,29). The van der Waals surface area contributed by atoms with Gasteiger partial charge in [0.1, 0.15) is 5.82 Å². The Hall–Kier alpha value is -2.82. The second-order valence-electron chi connectivity index (χ2n) is 6.80. The molecule has 0 bridgehead atoms. The van der Waals surface area contributed by atoms with Crippen molar-refractivity contribution in [1.82, 2.24) is 24.8 Å². The first-order valence-electron chi connectivity index (χ1n) is 9.30. The summed E-state index contributed by atoms with van der Waals surface area (Å²) in [4.78, 5) is 12.6. The molecule has 10 heteroatoms. The molecule has 0 spiro atoms. The van der Waals surface area contributed by atoms with Gasteiger partial charge in [-0.15, -0.1) is 0 Å². The third-order valence-corrected chi connectivity index (χ3v) is 6.56. The molecule has 8 nitrogen and oxygen atoms in total. The molecule has 0 aliphatic rings. The van der Waals surface area contributed by atoms with E-state index in [4.69, 9.17) is 12.2 Å². The maximum atomic E-state index is 12.8. The van der Waals surface area contributed by atoms with E-state index >= 15 is 0 Å². The molecule has 3 rings (SSSR count). The highest BCUT2D eigenvalue weighted by Gasteiger charge is 2.19. The van der Waals surface area contributed by atoms with Gasteiger partial charge in [0.05, 0.1) is 4.90 Å². The van der Waals surface area contributed by atoms with Gasteiger partial charge in [-0.1, -0.05) is 36.4 Å². The lowest BCUT2D eigenvalue weighted by molar-refractivity contribution is 0.0953. The molecule has 1 aromatic heterocycles. The summed E-state index contributed by atoms with van der Waals surface area (Å²) in [6.45, 7) is 2.21. The monoisotopic (exact) mass is 445 g/mol. The van der Waals surface area contributed by atoms with Gasteiger partial charge in [-0.25, -0.2) is 13.1 Å². The van der Waals surface area contributed by atoms with E-state index < -0.39 is 10.0 Å². The average Bonchev–Trinajstić information content (AvgIpc) is 3.05. The van der Waals surface area contributed by atoms with Crippen molar-refractivity contribution in [3.05, 3.63) is 75.8 Å². The molecular formula is C20H23N5O3S2. The summed E-state index contributed by atoms with van der Waals surface area (Å²) in [5.74, 6) is 0.365. The molecule has 0 radical (unpaired) electrons. The molecule has 0 unspecified atom stereocenters. The van der Waals surface area contributed by atoms with Gasteiger partial charge < -0.3 is 9.88 Å². The Morgan fingerprint density at radius 1 is 1.20 bits per heavy atom. The van der Waals surface area contributed by atoms with E-state index in [9.17, 15) is 13.2 Å². The molecule has 0 saturated carbocycles. The summed E-state index contributed by atoms with van der Waals surface area (Å²) < 4.78 is 30.4. The van der Waals surface area contributed by atoms with E-state index in [0.29, 0.717) is 23.3 Å². The highest BCUT2D eigenvalue weighted by molar-refractivity contribution is 7.89. The van der Waals surface area contributed by atoms with Crippen LogP contribution >= 0.6 is 12.2 Å². The number of nitrogens with one attached hydrogen (secondary N) is 3. The first kappa shape index (κ1) is 21.9. The maximum absolute atomic E-state index is 12.8. The van der Waals surface area contributed by atoms with Crippen molar-refractivity contribution >= 4 is 28.1 Å². The lowest BCUT2D eigenvalue weighted by Crippen LogP contribution is -2.28. The minimum atomic E-state index is -3.77. The van der Waals surface area contributed by atoms with Crippen LogP contribution in [-0.2, 0) is 30.0 Å². The fraction of sp³-hybridized carbons (Fsp3) is 0.250.